The minimum absolute atomic E-state index is 0.0402. The fraction of sp³-hybridized carbons (Fsp3) is 0.500. The van der Waals surface area contributed by atoms with Crippen LogP contribution in [0.5, 0.6) is 0 Å². The molecule has 0 heterocycles. The molecule has 9 atom stereocenters. The molecule has 0 spiro atoms. The number of rotatable bonds is 27. The second kappa shape index (κ2) is 61.7. The Hall–Kier alpha value is -7.38. The van der Waals surface area contributed by atoms with Crippen LogP contribution in [-0.2, 0) is 0 Å². The van der Waals surface area contributed by atoms with E-state index in [4.69, 9.17) is 104 Å². The first-order valence-corrected chi connectivity index (χ1v) is 53.7. The summed E-state index contributed by atoms with van der Waals surface area (Å²) in [6.07, 6.45) is 7.99. The summed E-state index contributed by atoms with van der Waals surface area (Å²) in [6.45, 7) is 75.8. The number of halogens is 9. The van der Waals surface area contributed by atoms with Crippen LogP contribution in [0, 0.1) is 102 Å². The second-order valence-corrected chi connectivity index (χ2v) is 53.8. The Kier molecular flexibility index (Phi) is 57.7. The molecule has 0 N–H and O–H groups in total. The van der Waals surface area contributed by atoms with Gasteiger partial charge in [0.25, 0.3) is 0 Å². The van der Waals surface area contributed by atoms with Crippen molar-refractivity contribution < 1.29 is 43.2 Å². The van der Waals surface area contributed by atoms with Gasteiger partial charge in [-0.15, -0.1) is 0 Å². The molecule has 0 aromatic heterocycles. The average Bonchev–Trinajstić information content (AvgIpc) is 0.896. The molecule has 0 saturated carbocycles. The first-order valence-electron chi connectivity index (χ1n) is 50.3. The Morgan fingerprint density at radius 3 is 0.278 bits per heavy atom. The third kappa shape index (κ3) is 60.3. The number of hydrogen-bond donors (Lipinski definition) is 0. The monoisotopic (exact) mass is 2140 g/mol. The largest absolute Gasteiger partial charge is 0.294 e. The van der Waals surface area contributed by atoms with Gasteiger partial charge < -0.3 is 0 Å². The highest BCUT2D eigenvalue weighted by molar-refractivity contribution is 6.34. The first-order chi connectivity index (χ1) is 65.6. The normalized spacial score (nSPS) is 13.6. The minimum Gasteiger partial charge on any atom is -0.294 e. The van der Waals surface area contributed by atoms with E-state index in [-0.39, 0.29) is 154 Å². The van der Waals surface area contributed by atoms with Crippen LogP contribution in [0.1, 0.15) is 400 Å². The molecule has 0 bridgehead atoms. The number of benzene rings is 9. The molecule has 0 aliphatic rings. The zero-order chi connectivity index (χ0) is 111. The lowest BCUT2D eigenvalue weighted by Crippen LogP contribution is -2.18. The highest BCUT2D eigenvalue weighted by Gasteiger charge is 2.31. The maximum atomic E-state index is 12.1. The van der Waals surface area contributed by atoms with Gasteiger partial charge in [-0.25, -0.2) is 0 Å². The van der Waals surface area contributed by atoms with Crippen LogP contribution in [0.4, 0.5) is 0 Å². The van der Waals surface area contributed by atoms with E-state index in [1.165, 1.54) is 0 Å². The van der Waals surface area contributed by atoms with E-state index in [1.807, 2.05) is 172 Å². The number of carbonyl (C=O) groups excluding carboxylic acids is 9. The standard InChI is InChI=1S/9C14H19ClO/c9*1-10(9-14(2,3)4)13(16)11-6-5-7-12(15)8-11/h9*5-8,10H,9H2,1-4H3. The molecule has 18 heteroatoms. The van der Waals surface area contributed by atoms with Crippen molar-refractivity contribution in [1.29, 1.82) is 0 Å². The predicted octanol–water partition coefficient (Wildman–Crippen LogP) is 41.4. The van der Waals surface area contributed by atoms with Gasteiger partial charge in [0.15, 0.2) is 52.0 Å². The van der Waals surface area contributed by atoms with Gasteiger partial charge >= 0.3 is 0 Å². The van der Waals surface area contributed by atoms with Crippen molar-refractivity contribution in [3.05, 3.63) is 314 Å². The summed E-state index contributed by atoms with van der Waals surface area (Å²) < 4.78 is 0. The van der Waals surface area contributed by atoms with Crippen LogP contribution < -0.4 is 0 Å². The lowest BCUT2D eigenvalue weighted by molar-refractivity contribution is 0.0891. The molecular formula is C126H171Cl9O9. The van der Waals surface area contributed by atoms with Gasteiger partial charge in [-0.05, 0) is 216 Å². The third-order valence-corrected chi connectivity index (χ3v) is 24.4. The molecule has 9 aromatic rings. The summed E-state index contributed by atoms with van der Waals surface area (Å²) in [5.74, 6) is 1.97. The molecule has 9 nitrogen and oxygen atoms in total. The number of carbonyl (C=O) groups is 9. The minimum atomic E-state index is 0.0402. The van der Waals surface area contributed by atoms with Gasteiger partial charge in [0.2, 0.25) is 0 Å². The topological polar surface area (TPSA) is 154 Å². The van der Waals surface area contributed by atoms with Crippen LogP contribution >= 0.6 is 104 Å². The Bertz CT molecular complexity index is 4470. The Morgan fingerprint density at radius 1 is 0.153 bits per heavy atom. The average molecular weight is 2150 g/mol. The number of ketones is 9. The molecule has 0 amide bonds. The molecule has 0 aliphatic heterocycles. The molecule has 0 saturated heterocycles. The molecule has 792 valence electrons. The van der Waals surface area contributed by atoms with Crippen LogP contribution in [0.25, 0.3) is 0 Å². The van der Waals surface area contributed by atoms with E-state index < -0.39 is 0 Å². The summed E-state index contributed by atoms with van der Waals surface area (Å²) in [7, 11) is 0. The molecular weight excluding hydrogens is 1980 g/mol. The fourth-order valence-corrected chi connectivity index (χ4v) is 19.2. The Balaban J connectivity index is 0.000000810. The van der Waals surface area contributed by atoms with Crippen molar-refractivity contribution in [1.82, 2.24) is 0 Å². The van der Waals surface area contributed by atoms with Crippen molar-refractivity contribution in [2.75, 3.05) is 0 Å². The van der Waals surface area contributed by atoms with Gasteiger partial charge in [-0.2, -0.15) is 0 Å². The quantitative estimate of drug-likeness (QED) is 0.0458. The van der Waals surface area contributed by atoms with Crippen LogP contribution in [0.15, 0.2) is 218 Å². The van der Waals surface area contributed by atoms with E-state index in [0.717, 1.165) is 57.8 Å². The van der Waals surface area contributed by atoms with E-state index in [1.54, 1.807) is 109 Å². The summed E-state index contributed by atoms with van der Waals surface area (Å²) in [4.78, 5) is 109. The van der Waals surface area contributed by atoms with E-state index in [0.29, 0.717) is 95.3 Å². The van der Waals surface area contributed by atoms with Crippen LogP contribution in [-0.4, -0.2) is 52.0 Å². The summed E-state index contributed by atoms with van der Waals surface area (Å²) in [5, 5.41) is 5.57. The van der Waals surface area contributed by atoms with Gasteiger partial charge in [-0.1, -0.05) is 463 Å². The second-order valence-electron chi connectivity index (χ2n) is 49.9. The lowest BCUT2D eigenvalue weighted by Gasteiger charge is -2.22. The predicted molar refractivity (Wildman–Crippen MR) is 621 cm³/mol. The fourth-order valence-electron chi connectivity index (χ4n) is 17.4. The summed E-state index contributed by atoms with van der Waals surface area (Å²) in [5.41, 5.74) is 7.98. The molecule has 0 radical (unpaired) electrons. The Labute approximate surface area is 914 Å². The molecule has 144 heavy (non-hydrogen) atoms. The lowest BCUT2D eigenvalue weighted by atomic mass is 9.82. The molecule has 9 rings (SSSR count). The van der Waals surface area contributed by atoms with Gasteiger partial charge in [0.05, 0.1) is 0 Å². The highest BCUT2D eigenvalue weighted by atomic mass is 35.5. The van der Waals surface area contributed by atoms with Crippen molar-refractivity contribution in [2.45, 2.75) is 307 Å². The van der Waals surface area contributed by atoms with Gasteiger partial charge in [-0.3, -0.25) is 43.2 Å². The molecule has 9 unspecified atom stereocenters. The SMILES string of the molecule is CC(CC(C)(C)C)C(=O)c1cccc(Cl)c1.CC(CC(C)(C)C)C(=O)c1cccc(Cl)c1.CC(CC(C)(C)C)C(=O)c1cccc(Cl)c1.CC(CC(C)(C)C)C(=O)c1cccc(Cl)c1.CC(CC(C)(C)C)C(=O)c1cccc(Cl)c1.CC(CC(C)(C)C)C(=O)c1cccc(Cl)c1.CC(CC(C)(C)C)C(=O)c1cccc(Cl)c1.CC(CC(C)(C)C)C(=O)c1cccc(Cl)c1.CC(CC(C)(C)C)C(=O)c1cccc(Cl)c1. The smallest absolute Gasteiger partial charge is 0.165 e. The van der Waals surface area contributed by atoms with Crippen molar-refractivity contribution >= 4 is 156 Å². The van der Waals surface area contributed by atoms with E-state index in [2.05, 4.69) is 187 Å². The van der Waals surface area contributed by atoms with Crippen molar-refractivity contribution in [2.24, 2.45) is 102 Å². The number of hydrogen-bond acceptors (Lipinski definition) is 9. The third-order valence-electron chi connectivity index (χ3n) is 22.3. The molecule has 9 aromatic carbocycles. The maximum Gasteiger partial charge on any atom is 0.165 e. The van der Waals surface area contributed by atoms with Gasteiger partial charge in [0.1, 0.15) is 0 Å². The highest BCUT2D eigenvalue weighted by Crippen LogP contribution is 2.37. The Morgan fingerprint density at radius 2 is 0.222 bits per heavy atom. The van der Waals surface area contributed by atoms with E-state index >= 15 is 0 Å². The van der Waals surface area contributed by atoms with Crippen LogP contribution in [0.3, 0.4) is 0 Å². The van der Waals surface area contributed by atoms with Crippen LogP contribution in [0.2, 0.25) is 45.2 Å². The van der Waals surface area contributed by atoms with Crippen molar-refractivity contribution in [3.63, 3.8) is 0 Å². The van der Waals surface area contributed by atoms with Gasteiger partial charge in [0, 0.05) is 149 Å². The maximum absolute atomic E-state index is 12.1. The van der Waals surface area contributed by atoms with E-state index in [9.17, 15) is 43.2 Å². The van der Waals surface area contributed by atoms with Crippen molar-refractivity contribution in [3.8, 4) is 0 Å². The molecule has 0 aliphatic carbocycles. The zero-order valence-electron chi connectivity index (χ0n) is 93.4. The summed E-state index contributed by atoms with van der Waals surface area (Å²) >= 11 is 52.9. The first kappa shape index (κ1) is 135. The number of Topliss-reactive ketones (excluding diaryl/α,β-unsaturated/α-hetero) is 9. The molecule has 0 fully saturated rings. The zero-order valence-corrected chi connectivity index (χ0v) is 100. The summed E-state index contributed by atoms with van der Waals surface area (Å²) in [6, 6.07) is 64.5.